The molecule has 3 N–H and O–H groups in total. The summed E-state index contributed by atoms with van der Waals surface area (Å²) >= 11 is 0. The molecule has 10 nitrogen and oxygen atoms in total. The molecule has 1 aliphatic carbocycles. The van der Waals surface area contributed by atoms with Crippen LogP contribution in [-0.2, 0) is 29.3 Å². The molecule has 0 saturated heterocycles. The number of esters is 1. The maximum absolute atomic E-state index is 13.6. The van der Waals surface area contributed by atoms with E-state index in [0.717, 1.165) is 0 Å². The van der Waals surface area contributed by atoms with Crippen LogP contribution in [0.15, 0.2) is 41.0 Å². The van der Waals surface area contributed by atoms with Gasteiger partial charge in [-0.25, -0.2) is 4.79 Å². The Hall–Kier alpha value is -3.69. The molecule has 3 aliphatic rings. The van der Waals surface area contributed by atoms with Gasteiger partial charge in [0.15, 0.2) is 5.78 Å². The van der Waals surface area contributed by atoms with E-state index >= 15 is 0 Å². The molecule has 0 bridgehead atoms. The first kappa shape index (κ1) is 21.5. The van der Waals surface area contributed by atoms with Gasteiger partial charge in [-0.3, -0.25) is 19.7 Å². The average molecular weight is 441 g/mol. The minimum atomic E-state index is -2.00. The number of allylic oxidation sites excluding steroid dienone is 1. The molecule has 0 fully saturated rings. The van der Waals surface area contributed by atoms with Gasteiger partial charge in [0.2, 0.25) is 11.8 Å². The van der Waals surface area contributed by atoms with E-state index in [0.29, 0.717) is 6.42 Å². The van der Waals surface area contributed by atoms with Gasteiger partial charge in [0, 0.05) is 36.2 Å². The third-order valence-electron chi connectivity index (χ3n) is 5.82. The summed E-state index contributed by atoms with van der Waals surface area (Å²) in [6.45, 7) is 7.00. The fourth-order valence-electron chi connectivity index (χ4n) is 4.69. The number of nitrogens with one attached hydrogen (secondary N) is 1. The number of nitrogens with two attached hydrogens (primary N) is 1. The van der Waals surface area contributed by atoms with Crippen molar-refractivity contribution in [3.63, 3.8) is 0 Å². The Bertz CT molecular complexity index is 1160. The number of carbonyl (C=O) groups is 3. The highest BCUT2D eigenvalue weighted by Crippen LogP contribution is 2.56. The molecule has 1 aromatic carbocycles. The second-order valence-electron chi connectivity index (χ2n) is 9.23. The van der Waals surface area contributed by atoms with Crippen LogP contribution in [0.1, 0.15) is 46.1 Å². The minimum Gasteiger partial charge on any atom is -0.459 e. The van der Waals surface area contributed by atoms with Gasteiger partial charge in [-0.15, -0.1) is 0 Å². The van der Waals surface area contributed by atoms with Crippen LogP contribution in [0.2, 0.25) is 0 Å². The fraction of sp³-hybridized carbons (Fsp3) is 0.409. The fourth-order valence-corrected chi connectivity index (χ4v) is 4.69. The lowest BCUT2D eigenvalue weighted by atomic mass is 9.62. The number of hydrogen-bond acceptors (Lipinski definition) is 8. The SMILES string of the molecule is CC(C)OC(=O)C1=C(N)OC2=C(C(=O)CC(C)(C)C2)C12C(=O)Nc1ccc([N+](=O)[O-])cc12. The predicted octanol–water partition coefficient (Wildman–Crippen LogP) is 2.58. The van der Waals surface area contributed by atoms with Gasteiger partial charge in [-0.2, -0.15) is 0 Å². The van der Waals surface area contributed by atoms with Crippen LogP contribution in [0.5, 0.6) is 0 Å². The highest BCUT2D eigenvalue weighted by Gasteiger charge is 2.63. The number of nitrogens with zero attached hydrogens (tertiary/aromatic N) is 1. The number of amides is 1. The maximum Gasteiger partial charge on any atom is 0.341 e. The summed E-state index contributed by atoms with van der Waals surface area (Å²) < 4.78 is 11.1. The lowest BCUT2D eigenvalue weighted by Gasteiger charge is -2.42. The van der Waals surface area contributed by atoms with Crippen LogP contribution in [0.4, 0.5) is 11.4 Å². The predicted molar refractivity (Wildman–Crippen MR) is 112 cm³/mol. The van der Waals surface area contributed by atoms with Crippen molar-refractivity contribution in [1.82, 2.24) is 0 Å². The molecule has 0 aromatic heterocycles. The van der Waals surface area contributed by atoms with Crippen LogP contribution < -0.4 is 11.1 Å². The number of ether oxygens (including phenoxy) is 2. The monoisotopic (exact) mass is 441 g/mol. The maximum atomic E-state index is 13.6. The van der Waals surface area contributed by atoms with E-state index in [4.69, 9.17) is 15.2 Å². The number of ketones is 1. The van der Waals surface area contributed by atoms with Crippen molar-refractivity contribution in [2.75, 3.05) is 5.32 Å². The number of rotatable bonds is 3. The summed E-state index contributed by atoms with van der Waals surface area (Å²) in [5, 5.41) is 14.1. The Morgan fingerprint density at radius 2 is 1.97 bits per heavy atom. The van der Waals surface area contributed by atoms with Crippen molar-refractivity contribution in [2.24, 2.45) is 11.1 Å². The Balaban J connectivity index is 2.08. The number of carbonyl (C=O) groups excluding carboxylic acids is 3. The number of fused-ring (bicyclic) bond motifs is 3. The highest BCUT2D eigenvalue weighted by molar-refractivity contribution is 6.22. The number of nitro groups is 1. The van der Waals surface area contributed by atoms with E-state index in [-0.39, 0.29) is 46.1 Å². The normalized spacial score (nSPS) is 23.7. The lowest BCUT2D eigenvalue weighted by Crippen LogP contribution is -2.50. The third kappa shape index (κ3) is 2.97. The van der Waals surface area contributed by atoms with Gasteiger partial charge in [0.05, 0.1) is 16.6 Å². The first-order valence-corrected chi connectivity index (χ1v) is 10.1. The molecule has 1 aromatic rings. The molecule has 2 aliphatic heterocycles. The summed E-state index contributed by atoms with van der Waals surface area (Å²) in [6.07, 6.45) is -0.160. The third-order valence-corrected chi connectivity index (χ3v) is 5.82. The molecule has 168 valence electrons. The van der Waals surface area contributed by atoms with Gasteiger partial charge < -0.3 is 20.5 Å². The number of Topliss-reactive ketones (excluding diaryl/α,β-unsaturated/α-hetero) is 1. The van der Waals surface area contributed by atoms with Gasteiger partial charge in [0.25, 0.3) is 5.69 Å². The van der Waals surface area contributed by atoms with E-state index in [1.54, 1.807) is 13.8 Å². The zero-order valence-corrected chi connectivity index (χ0v) is 18.1. The molecule has 1 unspecified atom stereocenters. The summed E-state index contributed by atoms with van der Waals surface area (Å²) in [5.41, 5.74) is 3.36. The number of nitro benzene ring substituents is 1. The number of anilines is 1. The minimum absolute atomic E-state index is 0.0292. The van der Waals surface area contributed by atoms with Crippen molar-refractivity contribution < 1.29 is 28.8 Å². The van der Waals surface area contributed by atoms with Crippen LogP contribution in [0, 0.1) is 15.5 Å². The summed E-state index contributed by atoms with van der Waals surface area (Å²) in [6, 6.07) is 3.79. The Kier molecular flexibility index (Phi) is 4.65. The quantitative estimate of drug-likeness (QED) is 0.413. The van der Waals surface area contributed by atoms with Crippen LogP contribution >= 0.6 is 0 Å². The Morgan fingerprint density at radius 3 is 2.59 bits per heavy atom. The Morgan fingerprint density at radius 1 is 1.28 bits per heavy atom. The van der Waals surface area contributed by atoms with Gasteiger partial charge in [-0.05, 0) is 25.3 Å². The summed E-state index contributed by atoms with van der Waals surface area (Å²) in [4.78, 5) is 51.0. The van der Waals surface area contributed by atoms with Crippen LogP contribution in [0.3, 0.4) is 0 Å². The molecular weight excluding hydrogens is 418 g/mol. The molecular formula is C22H23N3O7. The smallest absolute Gasteiger partial charge is 0.341 e. The molecule has 1 atom stereocenters. The molecule has 2 heterocycles. The largest absolute Gasteiger partial charge is 0.459 e. The molecule has 1 amide bonds. The zero-order chi connectivity index (χ0) is 23.6. The standard InChI is InChI=1S/C22H23N3O7/c1-10(2)31-19(27)17-18(23)32-15-9-21(3,4)8-14(26)16(15)22(17)12-7-11(25(29)30)5-6-13(12)24-20(22)28/h5-7,10H,8-9,23H2,1-4H3,(H,24,28). The van der Waals surface area contributed by atoms with Crippen molar-refractivity contribution >= 4 is 29.0 Å². The van der Waals surface area contributed by atoms with Crippen molar-refractivity contribution in [3.05, 3.63) is 56.7 Å². The number of hydrogen-bond donors (Lipinski definition) is 2. The summed E-state index contributed by atoms with van der Waals surface area (Å²) in [7, 11) is 0. The average Bonchev–Trinajstić information content (AvgIpc) is 2.91. The highest BCUT2D eigenvalue weighted by atomic mass is 16.6. The van der Waals surface area contributed by atoms with Gasteiger partial charge >= 0.3 is 5.97 Å². The van der Waals surface area contributed by atoms with Gasteiger partial charge in [0.1, 0.15) is 16.7 Å². The van der Waals surface area contributed by atoms with Crippen LogP contribution in [-0.4, -0.2) is 28.7 Å². The van der Waals surface area contributed by atoms with E-state index in [2.05, 4.69) is 5.32 Å². The molecule has 1 spiro atoms. The molecule has 32 heavy (non-hydrogen) atoms. The number of benzene rings is 1. The lowest BCUT2D eigenvalue weighted by molar-refractivity contribution is -0.384. The molecule has 10 heteroatoms. The number of non-ortho nitro benzene ring substituents is 1. The molecule has 4 rings (SSSR count). The zero-order valence-electron chi connectivity index (χ0n) is 18.1. The molecule has 0 radical (unpaired) electrons. The van der Waals surface area contributed by atoms with Crippen molar-refractivity contribution in [1.29, 1.82) is 0 Å². The topological polar surface area (TPSA) is 151 Å². The van der Waals surface area contributed by atoms with E-state index in [1.807, 2.05) is 13.8 Å². The van der Waals surface area contributed by atoms with Crippen molar-refractivity contribution in [3.8, 4) is 0 Å². The van der Waals surface area contributed by atoms with Crippen LogP contribution in [0.25, 0.3) is 0 Å². The second-order valence-corrected chi connectivity index (χ2v) is 9.23. The second kappa shape index (κ2) is 6.91. The summed E-state index contributed by atoms with van der Waals surface area (Å²) in [5.74, 6) is -2.23. The van der Waals surface area contributed by atoms with Gasteiger partial charge in [-0.1, -0.05) is 13.8 Å². The Labute approximate surface area is 183 Å². The first-order chi connectivity index (χ1) is 14.9. The van der Waals surface area contributed by atoms with E-state index in [1.165, 1.54) is 18.2 Å². The first-order valence-electron chi connectivity index (χ1n) is 10.1. The van der Waals surface area contributed by atoms with E-state index in [9.17, 15) is 24.5 Å². The van der Waals surface area contributed by atoms with Crippen molar-refractivity contribution in [2.45, 2.75) is 52.1 Å². The molecule has 0 saturated carbocycles. The van der Waals surface area contributed by atoms with E-state index < -0.39 is 39.5 Å².